The maximum Gasteiger partial charge on any atom is 0.274 e. The number of nitrogens with one attached hydrogen (secondary N) is 2. The molecule has 2 aromatic carbocycles. The van der Waals surface area contributed by atoms with E-state index in [1.54, 1.807) is 42.5 Å². The van der Waals surface area contributed by atoms with Gasteiger partial charge in [-0.1, -0.05) is 29.8 Å². The van der Waals surface area contributed by atoms with Gasteiger partial charge in [0.2, 0.25) is 0 Å². The third-order valence-corrected chi connectivity index (χ3v) is 5.15. The number of carbonyl (C=O) groups excluding carboxylic acids is 1. The molecule has 0 aliphatic rings. The maximum absolute atomic E-state index is 12.4. The minimum Gasteiger partial charge on any atom is -0.321 e. The number of pyridine rings is 1. The van der Waals surface area contributed by atoms with Gasteiger partial charge in [0.05, 0.1) is 15.6 Å². The fraction of sp³-hybridized carbons (Fsp3) is 0. The Morgan fingerprint density at radius 2 is 1.62 bits per heavy atom. The first-order valence-electron chi connectivity index (χ1n) is 7.55. The summed E-state index contributed by atoms with van der Waals surface area (Å²) in [5.41, 5.74) is 1.02. The van der Waals surface area contributed by atoms with Gasteiger partial charge in [-0.15, -0.1) is 0 Å². The maximum atomic E-state index is 12.4. The molecule has 0 aliphatic heterocycles. The van der Waals surface area contributed by atoms with Crippen molar-refractivity contribution >= 4 is 38.9 Å². The van der Waals surface area contributed by atoms with Crippen molar-refractivity contribution in [1.29, 1.82) is 0 Å². The minimum atomic E-state index is -3.79. The summed E-state index contributed by atoms with van der Waals surface area (Å²) in [6.07, 6.45) is 1.52. The lowest BCUT2D eigenvalue weighted by Gasteiger charge is -2.10. The molecular formula is C18H14ClN3O3S. The van der Waals surface area contributed by atoms with Crippen molar-refractivity contribution in [3.8, 4) is 0 Å². The number of amides is 1. The van der Waals surface area contributed by atoms with E-state index in [0.717, 1.165) is 0 Å². The van der Waals surface area contributed by atoms with Crippen LogP contribution in [0.1, 0.15) is 10.5 Å². The molecule has 1 aromatic heterocycles. The van der Waals surface area contributed by atoms with Gasteiger partial charge in [0.15, 0.2) is 0 Å². The van der Waals surface area contributed by atoms with Crippen LogP contribution in [-0.4, -0.2) is 19.3 Å². The Kier molecular flexibility index (Phi) is 5.20. The first kappa shape index (κ1) is 17.9. The molecule has 6 nitrogen and oxygen atoms in total. The summed E-state index contributed by atoms with van der Waals surface area (Å²) in [4.78, 5) is 16.1. The van der Waals surface area contributed by atoms with Crippen LogP contribution in [0.4, 0.5) is 11.4 Å². The van der Waals surface area contributed by atoms with Crippen molar-refractivity contribution in [3.05, 3.63) is 83.6 Å². The van der Waals surface area contributed by atoms with Gasteiger partial charge in [-0.2, -0.15) is 0 Å². The van der Waals surface area contributed by atoms with Gasteiger partial charge in [-0.25, -0.2) is 8.42 Å². The molecule has 3 aromatic rings. The first-order chi connectivity index (χ1) is 12.5. The number of hydrogen-bond donors (Lipinski definition) is 2. The van der Waals surface area contributed by atoms with Crippen molar-refractivity contribution in [2.75, 3.05) is 10.0 Å². The van der Waals surface area contributed by atoms with E-state index in [9.17, 15) is 13.2 Å². The van der Waals surface area contributed by atoms with Gasteiger partial charge in [0.1, 0.15) is 5.69 Å². The molecule has 0 aliphatic carbocycles. The van der Waals surface area contributed by atoms with Crippen LogP contribution in [0.2, 0.25) is 5.02 Å². The molecule has 0 atom stereocenters. The third kappa shape index (κ3) is 4.19. The molecule has 0 bridgehead atoms. The van der Waals surface area contributed by atoms with E-state index in [2.05, 4.69) is 15.0 Å². The standard InChI is InChI=1S/C18H14ClN3O3S/c19-15-5-1-2-6-16(15)22-26(24,25)14-10-8-13(9-11-14)21-18(23)17-7-3-4-12-20-17/h1-12,22H,(H,21,23). The number of aromatic nitrogens is 1. The number of sulfonamides is 1. The molecule has 2 N–H and O–H groups in total. The van der Waals surface area contributed by atoms with Gasteiger partial charge in [0.25, 0.3) is 15.9 Å². The highest BCUT2D eigenvalue weighted by atomic mass is 35.5. The van der Waals surface area contributed by atoms with Crippen LogP contribution in [0.25, 0.3) is 0 Å². The smallest absolute Gasteiger partial charge is 0.274 e. The fourth-order valence-electron chi connectivity index (χ4n) is 2.16. The second-order valence-electron chi connectivity index (χ2n) is 5.28. The van der Waals surface area contributed by atoms with Crippen LogP contribution in [-0.2, 0) is 10.0 Å². The lowest BCUT2D eigenvalue weighted by atomic mass is 10.3. The van der Waals surface area contributed by atoms with Gasteiger partial charge in [-0.3, -0.25) is 14.5 Å². The van der Waals surface area contributed by atoms with Crippen LogP contribution < -0.4 is 10.0 Å². The molecule has 3 rings (SSSR count). The van der Waals surface area contributed by atoms with E-state index in [0.29, 0.717) is 16.4 Å². The minimum absolute atomic E-state index is 0.0493. The van der Waals surface area contributed by atoms with Crippen LogP contribution in [0, 0.1) is 0 Å². The number of carbonyl (C=O) groups is 1. The second kappa shape index (κ2) is 7.55. The molecule has 0 unspecified atom stereocenters. The van der Waals surface area contributed by atoms with Gasteiger partial charge < -0.3 is 5.32 Å². The van der Waals surface area contributed by atoms with Crippen LogP contribution in [0.15, 0.2) is 77.8 Å². The third-order valence-electron chi connectivity index (χ3n) is 3.44. The fourth-order valence-corrected chi connectivity index (χ4v) is 3.48. The monoisotopic (exact) mass is 387 g/mol. The number of hydrogen-bond acceptors (Lipinski definition) is 4. The number of benzene rings is 2. The SMILES string of the molecule is O=C(Nc1ccc(S(=O)(=O)Nc2ccccc2Cl)cc1)c1ccccn1. The average molecular weight is 388 g/mol. The number of para-hydroxylation sites is 1. The predicted molar refractivity (Wildman–Crippen MR) is 101 cm³/mol. The van der Waals surface area contributed by atoms with Crippen molar-refractivity contribution in [1.82, 2.24) is 4.98 Å². The van der Waals surface area contributed by atoms with E-state index in [1.165, 1.54) is 30.5 Å². The quantitative estimate of drug-likeness (QED) is 0.697. The molecule has 0 saturated carbocycles. The van der Waals surface area contributed by atoms with E-state index in [4.69, 9.17) is 11.6 Å². The van der Waals surface area contributed by atoms with Crippen LogP contribution in [0.3, 0.4) is 0 Å². The molecule has 0 fully saturated rings. The van der Waals surface area contributed by atoms with Gasteiger partial charge in [-0.05, 0) is 48.5 Å². The summed E-state index contributed by atoms with van der Waals surface area (Å²) >= 11 is 5.98. The molecule has 1 amide bonds. The summed E-state index contributed by atoms with van der Waals surface area (Å²) in [5.74, 6) is -0.379. The highest BCUT2D eigenvalue weighted by Crippen LogP contribution is 2.24. The number of nitrogens with zero attached hydrogens (tertiary/aromatic N) is 1. The molecule has 0 spiro atoms. The average Bonchev–Trinajstić information content (AvgIpc) is 2.65. The number of rotatable bonds is 5. The zero-order chi connectivity index (χ0) is 18.6. The van der Waals surface area contributed by atoms with Crippen LogP contribution in [0.5, 0.6) is 0 Å². The second-order valence-corrected chi connectivity index (χ2v) is 7.37. The van der Waals surface area contributed by atoms with Crippen molar-refractivity contribution < 1.29 is 13.2 Å². The Labute approximate surface area is 155 Å². The largest absolute Gasteiger partial charge is 0.321 e. The highest BCUT2D eigenvalue weighted by molar-refractivity contribution is 7.92. The molecule has 132 valence electrons. The van der Waals surface area contributed by atoms with Gasteiger partial charge in [0, 0.05) is 11.9 Å². The zero-order valence-corrected chi connectivity index (χ0v) is 15.0. The normalized spacial score (nSPS) is 11.0. The Hall–Kier alpha value is -2.90. The van der Waals surface area contributed by atoms with E-state index < -0.39 is 10.0 Å². The summed E-state index contributed by atoms with van der Waals surface area (Å²) < 4.78 is 27.3. The Morgan fingerprint density at radius 1 is 0.923 bits per heavy atom. The molecular weight excluding hydrogens is 374 g/mol. The Bertz CT molecular complexity index is 1020. The van der Waals surface area contributed by atoms with Crippen molar-refractivity contribution in [3.63, 3.8) is 0 Å². The summed E-state index contributed by atoms with van der Waals surface area (Å²) in [6.45, 7) is 0. The van der Waals surface area contributed by atoms with Crippen LogP contribution >= 0.6 is 11.6 Å². The van der Waals surface area contributed by atoms with E-state index in [1.807, 2.05) is 0 Å². The topological polar surface area (TPSA) is 88.2 Å². The summed E-state index contributed by atoms with van der Waals surface area (Å²) in [7, 11) is -3.79. The van der Waals surface area contributed by atoms with E-state index >= 15 is 0 Å². The molecule has 1 heterocycles. The van der Waals surface area contributed by atoms with Crippen molar-refractivity contribution in [2.45, 2.75) is 4.90 Å². The molecule has 0 saturated heterocycles. The van der Waals surface area contributed by atoms with E-state index in [-0.39, 0.29) is 16.5 Å². The Morgan fingerprint density at radius 3 is 2.27 bits per heavy atom. The number of halogens is 1. The molecule has 8 heteroatoms. The van der Waals surface area contributed by atoms with Crippen molar-refractivity contribution in [2.24, 2.45) is 0 Å². The Balaban J connectivity index is 1.74. The summed E-state index contributed by atoms with van der Waals surface area (Å²) in [5, 5.41) is 2.96. The zero-order valence-electron chi connectivity index (χ0n) is 13.4. The number of anilines is 2. The van der Waals surface area contributed by atoms with Gasteiger partial charge >= 0.3 is 0 Å². The highest BCUT2D eigenvalue weighted by Gasteiger charge is 2.16. The predicted octanol–water partition coefficient (Wildman–Crippen LogP) is 3.79. The molecule has 26 heavy (non-hydrogen) atoms. The molecule has 0 radical (unpaired) electrons. The summed E-state index contributed by atoms with van der Waals surface area (Å²) in [6, 6.07) is 17.3. The lowest BCUT2D eigenvalue weighted by molar-refractivity contribution is 0.102. The first-order valence-corrected chi connectivity index (χ1v) is 9.42. The lowest BCUT2D eigenvalue weighted by Crippen LogP contribution is -2.15.